The molecule has 4 rings (SSSR count). The summed E-state index contributed by atoms with van der Waals surface area (Å²) in [5.74, 6) is -1.74. The highest BCUT2D eigenvalue weighted by molar-refractivity contribution is 7.16. The van der Waals surface area contributed by atoms with Crippen LogP contribution in [0.1, 0.15) is 27.7 Å². The molecular formula is C23H20N2O5S. The monoisotopic (exact) mass is 436 g/mol. The fourth-order valence-corrected chi connectivity index (χ4v) is 4.46. The zero-order valence-corrected chi connectivity index (χ0v) is 17.9. The van der Waals surface area contributed by atoms with Gasteiger partial charge in [0.15, 0.2) is 16.6 Å². The van der Waals surface area contributed by atoms with E-state index in [1.807, 2.05) is 13.8 Å². The van der Waals surface area contributed by atoms with Gasteiger partial charge in [0.05, 0.1) is 24.4 Å². The average molecular weight is 436 g/mol. The van der Waals surface area contributed by atoms with Gasteiger partial charge in [-0.2, -0.15) is 0 Å². The van der Waals surface area contributed by atoms with Crippen molar-refractivity contribution in [2.75, 3.05) is 12.0 Å². The molecule has 1 atom stereocenters. The summed E-state index contributed by atoms with van der Waals surface area (Å²) < 4.78 is 5.21. The van der Waals surface area contributed by atoms with E-state index in [9.17, 15) is 19.8 Å². The number of amides is 1. The Hall–Kier alpha value is -3.65. The first-order valence-electron chi connectivity index (χ1n) is 9.50. The standard InChI is InChI=1S/C23H20N2O5S/c1-12-13(2)31-23(24-12)25-19(15-9-10-16(26)17(11-15)30-3)18(21(28)22(25)29)20(27)14-7-5-4-6-8-14/h4-11,19,26-27H,1-3H3/b20-18+/t19-/m0/s1. The number of thiazole rings is 1. The van der Waals surface area contributed by atoms with Gasteiger partial charge in [-0.3, -0.25) is 14.5 Å². The van der Waals surface area contributed by atoms with Crippen LogP contribution in [-0.4, -0.2) is 34.0 Å². The number of hydrogen-bond donors (Lipinski definition) is 2. The van der Waals surface area contributed by atoms with E-state index < -0.39 is 17.7 Å². The number of aliphatic hydroxyl groups excluding tert-OH is 1. The second-order valence-electron chi connectivity index (χ2n) is 7.10. The van der Waals surface area contributed by atoms with Crippen molar-refractivity contribution in [1.29, 1.82) is 0 Å². The highest BCUT2D eigenvalue weighted by Gasteiger charge is 2.48. The molecule has 0 saturated carbocycles. The molecule has 0 aliphatic carbocycles. The topological polar surface area (TPSA) is 100.0 Å². The lowest BCUT2D eigenvalue weighted by Crippen LogP contribution is -2.29. The second-order valence-corrected chi connectivity index (χ2v) is 8.29. The third-order valence-corrected chi connectivity index (χ3v) is 6.31. The molecule has 3 aromatic rings. The summed E-state index contributed by atoms with van der Waals surface area (Å²) in [7, 11) is 1.41. The van der Waals surface area contributed by atoms with E-state index in [-0.39, 0.29) is 22.8 Å². The smallest absolute Gasteiger partial charge is 0.301 e. The largest absolute Gasteiger partial charge is 0.507 e. The maximum Gasteiger partial charge on any atom is 0.301 e. The van der Waals surface area contributed by atoms with Crippen LogP contribution in [0.25, 0.3) is 5.76 Å². The molecule has 0 unspecified atom stereocenters. The molecular weight excluding hydrogens is 416 g/mol. The Balaban J connectivity index is 1.98. The van der Waals surface area contributed by atoms with E-state index in [1.165, 1.54) is 29.4 Å². The number of anilines is 1. The number of aryl methyl sites for hydroxylation is 2. The predicted octanol–water partition coefficient (Wildman–Crippen LogP) is 4.10. The van der Waals surface area contributed by atoms with Gasteiger partial charge in [-0.25, -0.2) is 4.98 Å². The number of carbonyl (C=O) groups excluding carboxylic acids is 2. The van der Waals surface area contributed by atoms with Gasteiger partial charge in [-0.1, -0.05) is 36.4 Å². The molecule has 2 N–H and O–H groups in total. The number of phenolic OH excluding ortho intramolecular Hbond substituents is 1. The van der Waals surface area contributed by atoms with Crippen LogP contribution in [0.2, 0.25) is 0 Å². The third-order valence-electron chi connectivity index (χ3n) is 5.23. The van der Waals surface area contributed by atoms with Crippen molar-refractivity contribution in [1.82, 2.24) is 4.98 Å². The van der Waals surface area contributed by atoms with Crippen LogP contribution >= 0.6 is 11.3 Å². The number of aromatic hydroxyl groups is 1. The normalized spacial score (nSPS) is 17.9. The van der Waals surface area contributed by atoms with Crippen molar-refractivity contribution < 1.29 is 24.5 Å². The third kappa shape index (κ3) is 3.44. The summed E-state index contributed by atoms with van der Waals surface area (Å²) in [4.78, 5) is 32.9. The van der Waals surface area contributed by atoms with Crippen molar-refractivity contribution >= 4 is 33.9 Å². The molecule has 7 nitrogen and oxygen atoms in total. The van der Waals surface area contributed by atoms with Crippen LogP contribution in [-0.2, 0) is 9.59 Å². The summed E-state index contributed by atoms with van der Waals surface area (Å²) in [6.07, 6.45) is 0. The molecule has 0 radical (unpaired) electrons. The Labute approximate surface area is 182 Å². The van der Waals surface area contributed by atoms with E-state index >= 15 is 0 Å². The maximum absolute atomic E-state index is 13.1. The molecule has 8 heteroatoms. The number of benzene rings is 2. The molecule has 1 aliphatic heterocycles. The minimum atomic E-state index is -0.931. The Bertz CT molecular complexity index is 1200. The Morgan fingerprint density at radius 3 is 2.45 bits per heavy atom. The number of ether oxygens (including phenoxy) is 1. The number of nitrogens with zero attached hydrogens (tertiary/aromatic N) is 2. The maximum atomic E-state index is 13.1. The molecule has 1 fully saturated rings. The van der Waals surface area contributed by atoms with Crippen molar-refractivity contribution in [3.05, 3.63) is 75.8 Å². The van der Waals surface area contributed by atoms with Crippen molar-refractivity contribution in [2.24, 2.45) is 0 Å². The first kappa shape index (κ1) is 20.6. The fraction of sp³-hybridized carbons (Fsp3) is 0.174. The highest BCUT2D eigenvalue weighted by atomic mass is 32.1. The lowest BCUT2D eigenvalue weighted by Gasteiger charge is -2.23. The molecule has 31 heavy (non-hydrogen) atoms. The zero-order valence-electron chi connectivity index (χ0n) is 17.1. The molecule has 1 aromatic heterocycles. The second kappa shape index (κ2) is 7.88. The van der Waals surface area contributed by atoms with Gasteiger partial charge in [0, 0.05) is 10.4 Å². The molecule has 1 saturated heterocycles. The quantitative estimate of drug-likeness (QED) is 0.363. The van der Waals surface area contributed by atoms with E-state index in [1.54, 1.807) is 42.5 Å². The molecule has 1 amide bonds. The molecule has 2 aromatic carbocycles. The highest BCUT2D eigenvalue weighted by Crippen LogP contribution is 2.45. The summed E-state index contributed by atoms with van der Waals surface area (Å²) in [6.45, 7) is 3.71. The number of phenols is 1. The lowest BCUT2D eigenvalue weighted by atomic mass is 9.95. The summed E-state index contributed by atoms with van der Waals surface area (Å²) >= 11 is 1.30. The van der Waals surface area contributed by atoms with Gasteiger partial charge >= 0.3 is 5.91 Å². The molecule has 1 aliphatic rings. The Kier molecular flexibility index (Phi) is 5.24. The van der Waals surface area contributed by atoms with Gasteiger partial charge in [0.25, 0.3) is 5.78 Å². The van der Waals surface area contributed by atoms with E-state index in [4.69, 9.17) is 4.74 Å². The van der Waals surface area contributed by atoms with Crippen molar-refractivity contribution in [3.8, 4) is 11.5 Å². The first-order chi connectivity index (χ1) is 14.8. The minimum absolute atomic E-state index is 0.0468. The average Bonchev–Trinajstić information content (AvgIpc) is 3.24. The predicted molar refractivity (Wildman–Crippen MR) is 117 cm³/mol. The van der Waals surface area contributed by atoms with Gasteiger partial charge in [-0.05, 0) is 31.5 Å². The van der Waals surface area contributed by atoms with Crippen LogP contribution in [0, 0.1) is 13.8 Å². The molecule has 0 bridgehead atoms. The number of carbonyl (C=O) groups is 2. The van der Waals surface area contributed by atoms with Gasteiger partial charge < -0.3 is 14.9 Å². The first-order valence-corrected chi connectivity index (χ1v) is 10.3. The summed E-state index contributed by atoms with van der Waals surface area (Å²) in [5, 5.41) is 21.4. The minimum Gasteiger partial charge on any atom is -0.507 e. The number of methoxy groups -OCH3 is 1. The number of aliphatic hydroxyl groups is 1. The number of Topliss-reactive ketones (excluding diaryl/α,β-unsaturated/α-hetero) is 1. The number of hydrogen-bond acceptors (Lipinski definition) is 7. The lowest BCUT2D eigenvalue weighted by molar-refractivity contribution is -0.132. The van der Waals surface area contributed by atoms with E-state index in [0.29, 0.717) is 16.3 Å². The zero-order chi connectivity index (χ0) is 22.3. The van der Waals surface area contributed by atoms with Crippen LogP contribution in [0.15, 0.2) is 54.1 Å². The molecule has 2 heterocycles. The number of rotatable bonds is 4. The molecule has 0 spiro atoms. The summed E-state index contributed by atoms with van der Waals surface area (Å²) in [6, 6.07) is 12.2. The molecule has 158 valence electrons. The van der Waals surface area contributed by atoms with Gasteiger partial charge in [0.2, 0.25) is 0 Å². The Morgan fingerprint density at radius 2 is 1.84 bits per heavy atom. The van der Waals surface area contributed by atoms with Gasteiger partial charge in [0.1, 0.15) is 5.76 Å². The van der Waals surface area contributed by atoms with Crippen LogP contribution in [0.3, 0.4) is 0 Å². The van der Waals surface area contributed by atoms with Gasteiger partial charge in [-0.15, -0.1) is 11.3 Å². The van der Waals surface area contributed by atoms with Crippen LogP contribution < -0.4 is 9.64 Å². The number of aromatic nitrogens is 1. The fourth-order valence-electron chi connectivity index (χ4n) is 3.52. The van der Waals surface area contributed by atoms with Crippen molar-refractivity contribution in [2.45, 2.75) is 19.9 Å². The summed E-state index contributed by atoms with van der Waals surface area (Å²) in [5.41, 5.74) is 1.63. The van der Waals surface area contributed by atoms with Crippen LogP contribution in [0.5, 0.6) is 11.5 Å². The Morgan fingerprint density at radius 1 is 1.13 bits per heavy atom. The van der Waals surface area contributed by atoms with E-state index in [0.717, 1.165) is 10.6 Å². The van der Waals surface area contributed by atoms with E-state index in [2.05, 4.69) is 4.98 Å². The van der Waals surface area contributed by atoms with Crippen LogP contribution in [0.4, 0.5) is 5.13 Å². The number of ketones is 1. The van der Waals surface area contributed by atoms with Crippen molar-refractivity contribution in [3.63, 3.8) is 0 Å². The SMILES string of the molecule is COc1cc([C@H]2/C(=C(\O)c3ccccc3)C(=O)C(=O)N2c2nc(C)c(C)s2)ccc1O.